The minimum atomic E-state index is -3.01. The maximum Gasteiger partial charge on any atom is 0.214 e. The Balaban J connectivity index is 0.00000144. The molecule has 1 atom stereocenters. The van der Waals surface area contributed by atoms with Crippen LogP contribution in [0.15, 0.2) is 0 Å². The van der Waals surface area contributed by atoms with Crippen molar-refractivity contribution in [2.24, 2.45) is 5.92 Å². The lowest BCUT2D eigenvalue weighted by Crippen LogP contribution is -2.52. The molecule has 1 heterocycles. The van der Waals surface area contributed by atoms with E-state index in [9.17, 15) is 8.42 Å². The summed E-state index contributed by atoms with van der Waals surface area (Å²) in [4.78, 5) is 0. The molecule has 0 spiro atoms. The predicted molar refractivity (Wildman–Crippen MR) is 72.0 cm³/mol. The van der Waals surface area contributed by atoms with Crippen LogP contribution in [0.4, 0.5) is 0 Å². The van der Waals surface area contributed by atoms with Gasteiger partial charge in [-0.05, 0) is 19.3 Å². The van der Waals surface area contributed by atoms with E-state index in [0.29, 0.717) is 18.2 Å². The number of nitrogens with one attached hydrogen (secondary N) is 1. The number of piperazine rings is 1. The Labute approximate surface area is 111 Å². The highest BCUT2D eigenvalue weighted by atomic mass is 35.5. The molecule has 1 N–H and O–H groups in total. The zero-order valence-electron chi connectivity index (χ0n) is 10.4. The fraction of sp³-hybridized carbons (Fsp3) is 1.00. The first kappa shape index (κ1) is 15.2. The molecule has 1 aliphatic heterocycles. The average molecular weight is 283 g/mol. The Bertz CT molecular complexity index is 330. The fourth-order valence-corrected chi connectivity index (χ4v) is 4.31. The molecule has 0 aromatic rings. The van der Waals surface area contributed by atoms with Crippen molar-refractivity contribution < 1.29 is 8.42 Å². The second-order valence-corrected chi connectivity index (χ2v) is 7.11. The summed E-state index contributed by atoms with van der Waals surface area (Å²) in [6, 6.07) is 0.111. The number of halogens is 1. The van der Waals surface area contributed by atoms with Gasteiger partial charge < -0.3 is 5.32 Å². The maximum absolute atomic E-state index is 12.1. The first-order chi connectivity index (χ1) is 7.59. The number of nitrogens with zero attached hydrogens (tertiary/aromatic N) is 1. The summed E-state index contributed by atoms with van der Waals surface area (Å²) in [5, 5.41) is 3.22. The van der Waals surface area contributed by atoms with Crippen LogP contribution >= 0.6 is 12.4 Å². The summed E-state index contributed by atoms with van der Waals surface area (Å²) in [6.07, 6.45) is 4.60. The summed E-state index contributed by atoms with van der Waals surface area (Å²) in [7, 11) is -3.01. The van der Waals surface area contributed by atoms with Crippen molar-refractivity contribution in [3.63, 3.8) is 0 Å². The molecule has 6 heteroatoms. The highest BCUT2D eigenvalue weighted by molar-refractivity contribution is 7.89. The molecule has 2 aliphatic rings. The Kier molecular flexibility index (Phi) is 5.70. The second kappa shape index (κ2) is 6.36. The molecule has 1 aliphatic carbocycles. The maximum atomic E-state index is 12.1. The third-order valence-corrected chi connectivity index (χ3v) is 5.82. The van der Waals surface area contributed by atoms with Crippen molar-refractivity contribution >= 4 is 22.4 Å². The molecule has 1 saturated heterocycles. The van der Waals surface area contributed by atoms with Crippen molar-refractivity contribution in [2.45, 2.75) is 38.6 Å². The number of rotatable bonds is 4. The SMILES string of the molecule is C[C@H]1CNCCN1S(=O)(=O)CCC1CCC1.Cl. The van der Waals surface area contributed by atoms with Crippen LogP contribution in [-0.4, -0.2) is 44.2 Å². The summed E-state index contributed by atoms with van der Waals surface area (Å²) in [6.45, 7) is 4.18. The minimum Gasteiger partial charge on any atom is -0.314 e. The van der Waals surface area contributed by atoms with Crippen molar-refractivity contribution in [2.75, 3.05) is 25.4 Å². The van der Waals surface area contributed by atoms with Crippen LogP contribution in [0.3, 0.4) is 0 Å². The summed E-state index contributed by atoms with van der Waals surface area (Å²) >= 11 is 0. The van der Waals surface area contributed by atoms with E-state index in [1.807, 2.05) is 6.92 Å². The first-order valence-electron chi connectivity index (χ1n) is 6.30. The molecule has 2 fully saturated rings. The Hall–Kier alpha value is 0.160. The van der Waals surface area contributed by atoms with Crippen molar-refractivity contribution in [1.29, 1.82) is 0 Å². The van der Waals surface area contributed by atoms with Gasteiger partial charge in [0, 0.05) is 25.7 Å². The van der Waals surface area contributed by atoms with E-state index < -0.39 is 10.0 Å². The Morgan fingerprint density at radius 3 is 2.59 bits per heavy atom. The first-order valence-corrected chi connectivity index (χ1v) is 7.91. The summed E-state index contributed by atoms with van der Waals surface area (Å²) in [5.74, 6) is 1.02. The van der Waals surface area contributed by atoms with E-state index >= 15 is 0 Å². The monoisotopic (exact) mass is 282 g/mol. The van der Waals surface area contributed by atoms with Crippen molar-refractivity contribution in [1.82, 2.24) is 9.62 Å². The molecular weight excluding hydrogens is 260 g/mol. The molecule has 0 bridgehead atoms. The van der Waals surface area contributed by atoms with Gasteiger partial charge in [-0.2, -0.15) is 4.31 Å². The quantitative estimate of drug-likeness (QED) is 0.844. The van der Waals surface area contributed by atoms with Gasteiger partial charge in [0.25, 0.3) is 0 Å². The molecule has 1 saturated carbocycles. The smallest absolute Gasteiger partial charge is 0.214 e. The summed E-state index contributed by atoms with van der Waals surface area (Å²) < 4.78 is 26.0. The van der Waals surface area contributed by atoms with Gasteiger partial charge in [-0.25, -0.2) is 8.42 Å². The van der Waals surface area contributed by atoms with E-state index in [2.05, 4.69) is 5.32 Å². The van der Waals surface area contributed by atoms with Gasteiger partial charge in [-0.3, -0.25) is 0 Å². The van der Waals surface area contributed by atoms with Crippen LogP contribution in [0.25, 0.3) is 0 Å². The molecule has 0 aromatic carbocycles. The van der Waals surface area contributed by atoms with Gasteiger partial charge in [-0.15, -0.1) is 12.4 Å². The van der Waals surface area contributed by atoms with Crippen LogP contribution in [0.2, 0.25) is 0 Å². The van der Waals surface area contributed by atoms with Gasteiger partial charge in [0.1, 0.15) is 0 Å². The molecule has 102 valence electrons. The third kappa shape index (κ3) is 3.81. The lowest BCUT2D eigenvalue weighted by Gasteiger charge is -2.34. The van der Waals surface area contributed by atoms with Gasteiger partial charge in [-0.1, -0.05) is 19.3 Å². The standard InChI is InChI=1S/C11H22N2O2S.ClH/c1-10-9-12-6-7-13(10)16(14,15)8-5-11-3-2-4-11;/h10-12H,2-9H2,1H3;1H/t10-;/m0./s1. The van der Waals surface area contributed by atoms with Crippen molar-refractivity contribution in [3.8, 4) is 0 Å². The van der Waals surface area contributed by atoms with E-state index in [1.165, 1.54) is 19.3 Å². The van der Waals surface area contributed by atoms with E-state index in [4.69, 9.17) is 0 Å². The van der Waals surface area contributed by atoms with Gasteiger partial charge >= 0.3 is 0 Å². The van der Waals surface area contributed by atoms with Gasteiger partial charge in [0.05, 0.1) is 5.75 Å². The predicted octanol–water partition coefficient (Wildman–Crippen LogP) is 1.22. The average Bonchev–Trinajstić information content (AvgIpc) is 2.15. The van der Waals surface area contributed by atoms with Crippen LogP contribution in [-0.2, 0) is 10.0 Å². The highest BCUT2D eigenvalue weighted by Crippen LogP contribution is 2.30. The molecule has 0 unspecified atom stereocenters. The molecule has 0 aromatic heterocycles. The topological polar surface area (TPSA) is 49.4 Å². The summed E-state index contributed by atoms with van der Waals surface area (Å²) in [5.41, 5.74) is 0. The van der Waals surface area contributed by atoms with E-state index in [1.54, 1.807) is 4.31 Å². The molecule has 2 rings (SSSR count). The number of sulfonamides is 1. The van der Waals surface area contributed by atoms with Crippen LogP contribution in [0.1, 0.15) is 32.6 Å². The Morgan fingerprint density at radius 2 is 2.06 bits per heavy atom. The van der Waals surface area contributed by atoms with Crippen LogP contribution in [0, 0.1) is 5.92 Å². The zero-order chi connectivity index (χ0) is 11.6. The second-order valence-electron chi connectivity index (χ2n) is 5.07. The minimum absolute atomic E-state index is 0. The molecule has 4 nitrogen and oxygen atoms in total. The highest BCUT2D eigenvalue weighted by Gasteiger charge is 2.30. The van der Waals surface area contributed by atoms with Gasteiger partial charge in [0.2, 0.25) is 10.0 Å². The van der Waals surface area contributed by atoms with Gasteiger partial charge in [0.15, 0.2) is 0 Å². The lowest BCUT2D eigenvalue weighted by atomic mass is 9.84. The van der Waals surface area contributed by atoms with E-state index in [0.717, 1.165) is 19.5 Å². The van der Waals surface area contributed by atoms with Crippen molar-refractivity contribution in [3.05, 3.63) is 0 Å². The number of hydrogen-bond acceptors (Lipinski definition) is 3. The normalized spacial score (nSPS) is 27.2. The molecule has 17 heavy (non-hydrogen) atoms. The molecule has 0 radical (unpaired) electrons. The molecule has 0 amide bonds. The van der Waals surface area contributed by atoms with Crippen LogP contribution < -0.4 is 5.32 Å². The third-order valence-electron chi connectivity index (χ3n) is 3.81. The largest absolute Gasteiger partial charge is 0.314 e. The fourth-order valence-electron chi connectivity index (χ4n) is 2.45. The molecular formula is C11H23ClN2O2S. The zero-order valence-corrected chi connectivity index (χ0v) is 12.0. The number of hydrogen-bond donors (Lipinski definition) is 1. The van der Waals surface area contributed by atoms with E-state index in [-0.39, 0.29) is 18.4 Å². The lowest BCUT2D eigenvalue weighted by molar-refractivity contribution is 0.276. The Morgan fingerprint density at radius 1 is 1.35 bits per heavy atom. The van der Waals surface area contributed by atoms with Crippen LogP contribution in [0.5, 0.6) is 0 Å².